The number of carbonyl (C=O) groups excluding carboxylic acids is 1. The lowest BCUT2D eigenvalue weighted by Gasteiger charge is -2.14. The van der Waals surface area contributed by atoms with E-state index in [1.165, 1.54) is 16.2 Å². The van der Waals surface area contributed by atoms with Gasteiger partial charge in [0.1, 0.15) is 12.1 Å². The summed E-state index contributed by atoms with van der Waals surface area (Å²) < 4.78 is 0. The first-order valence-electron chi connectivity index (χ1n) is 9.47. The van der Waals surface area contributed by atoms with Gasteiger partial charge in [-0.1, -0.05) is 30.3 Å². The van der Waals surface area contributed by atoms with Gasteiger partial charge in [0.2, 0.25) is 0 Å². The average Bonchev–Trinajstić information content (AvgIpc) is 3.38. The molecule has 0 fully saturated rings. The number of thiazole rings is 1. The Balaban J connectivity index is 1.25. The van der Waals surface area contributed by atoms with Crippen molar-refractivity contribution in [2.75, 3.05) is 22.9 Å². The predicted molar refractivity (Wildman–Crippen MR) is 118 cm³/mol. The summed E-state index contributed by atoms with van der Waals surface area (Å²) in [6.07, 6.45) is 5.25. The van der Waals surface area contributed by atoms with Crippen molar-refractivity contribution in [3.8, 4) is 0 Å². The molecule has 9 heteroatoms. The van der Waals surface area contributed by atoms with Crippen molar-refractivity contribution in [3.63, 3.8) is 0 Å². The van der Waals surface area contributed by atoms with E-state index >= 15 is 0 Å². The van der Waals surface area contributed by atoms with Crippen LogP contribution in [-0.2, 0) is 12.8 Å². The summed E-state index contributed by atoms with van der Waals surface area (Å²) in [4.78, 5) is 27.5. The van der Waals surface area contributed by atoms with E-state index in [2.05, 4.69) is 30.9 Å². The number of fused-ring (bicyclic) bond motifs is 1. The molecule has 0 bridgehead atoms. The molecule has 1 unspecified atom stereocenters. The van der Waals surface area contributed by atoms with Crippen molar-refractivity contribution < 1.29 is 4.79 Å². The van der Waals surface area contributed by atoms with Gasteiger partial charge in [0.15, 0.2) is 5.13 Å². The predicted octanol–water partition coefficient (Wildman–Crippen LogP) is 4.12. The molecule has 1 aromatic carbocycles. The van der Waals surface area contributed by atoms with Crippen molar-refractivity contribution in [2.24, 2.45) is 0 Å². The Morgan fingerprint density at radius 2 is 2.07 bits per heavy atom. The third-order valence-corrected chi connectivity index (χ3v) is 6.65. The second kappa shape index (κ2) is 9.23. The number of thioether (sulfide) groups is 1. The Hall–Kier alpha value is -2.65. The molecule has 0 saturated carbocycles. The van der Waals surface area contributed by atoms with Gasteiger partial charge in [-0.3, -0.25) is 5.32 Å². The molecule has 3 heterocycles. The van der Waals surface area contributed by atoms with Crippen molar-refractivity contribution in [2.45, 2.75) is 30.7 Å². The monoisotopic (exact) mass is 426 g/mol. The molecule has 0 radical (unpaired) electrons. The van der Waals surface area contributed by atoms with Gasteiger partial charge in [-0.25, -0.2) is 19.7 Å². The Bertz CT molecular complexity index is 978. The van der Waals surface area contributed by atoms with E-state index in [9.17, 15) is 4.79 Å². The summed E-state index contributed by atoms with van der Waals surface area (Å²) in [6.45, 7) is 2.71. The third kappa shape index (κ3) is 5.04. The highest BCUT2D eigenvalue weighted by Crippen LogP contribution is 2.34. The molecule has 29 heavy (non-hydrogen) atoms. The lowest BCUT2D eigenvalue weighted by Crippen LogP contribution is -2.31. The molecule has 7 nitrogen and oxygen atoms in total. The van der Waals surface area contributed by atoms with Crippen LogP contribution in [0.4, 0.5) is 15.7 Å². The van der Waals surface area contributed by atoms with E-state index in [4.69, 9.17) is 0 Å². The zero-order chi connectivity index (χ0) is 20.1. The average molecular weight is 427 g/mol. The van der Waals surface area contributed by atoms with Crippen molar-refractivity contribution in [1.29, 1.82) is 0 Å². The fourth-order valence-corrected chi connectivity index (χ4v) is 4.95. The van der Waals surface area contributed by atoms with Gasteiger partial charge in [-0.2, -0.15) is 0 Å². The summed E-state index contributed by atoms with van der Waals surface area (Å²) in [5.41, 5.74) is 2.19. The van der Waals surface area contributed by atoms with Crippen LogP contribution in [0.5, 0.6) is 0 Å². The zero-order valence-corrected chi connectivity index (χ0v) is 17.6. The van der Waals surface area contributed by atoms with Gasteiger partial charge < -0.3 is 10.6 Å². The van der Waals surface area contributed by atoms with E-state index in [1.54, 1.807) is 18.1 Å². The van der Waals surface area contributed by atoms with Crippen LogP contribution in [0.2, 0.25) is 0 Å². The van der Waals surface area contributed by atoms with E-state index in [0.717, 1.165) is 47.1 Å². The third-order valence-electron chi connectivity index (χ3n) is 4.55. The van der Waals surface area contributed by atoms with Gasteiger partial charge in [0.25, 0.3) is 0 Å². The van der Waals surface area contributed by atoms with E-state index in [0.29, 0.717) is 5.13 Å². The summed E-state index contributed by atoms with van der Waals surface area (Å²) in [7, 11) is 0. The van der Waals surface area contributed by atoms with Gasteiger partial charge >= 0.3 is 6.03 Å². The molecular formula is C20H22N6OS2. The number of carbonyl (C=O) groups is 1. The Labute approximate surface area is 177 Å². The molecule has 1 atom stereocenters. The first-order chi connectivity index (χ1) is 14.2. The van der Waals surface area contributed by atoms with Crippen LogP contribution in [0.3, 0.4) is 0 Å². The molecule has 0 saturated heterocycles. The SMILES string of the molecule is CC(NC(=O)Nc1ncc(CCNc2ncnc3c2SCC3)s1)c1ccccc1. The number of aromatic nitrogens is 3. The molecule has 150 valence electrons. The zero-order valence-electron chi connectivity index (χ0n) is 16.0. The Kier molecular flexibility index (Phi) is 6.26. The second-order valence-electron chi connectivity index (χ2n) is 6.64. The molecule has 3 N–H and O–H groups in total. The number of aryl methyl sites for hydroxylation is 1. The number of amides is 2. The van der Waals surface area contributed by atoms with Gasteiger partial charge in [0, 0.05) is 36.2 Å². The van der Waals surface area contributed by atoms with Crippen LogP contribution in [0.15, 0.2) is 47.8 Å². The topological polar surface area (TPSA) is 91.8 Å². The Morgan fingerprint density at radius 1 is 1.21 bits per heavy atom. The molecule has 3 aromatic rings. The summed E-state index contributed by atoms with van der Waals surface area (Å²) in [5, 5.41) is 9.74. The highest BCUT2D eigenvalue weighted by molar-refractivity contribution is 7.99. The number of rotatable bonds is 7. The van der Waals surface area contributed by atoms with Crippen molar-refractivity contribution in [1.82, 2.24) is 20.3 Å². The minimum atomic E-state index is -0.256. The van der Waals surface area contributed by atoms with Crippen LogP contribution >= 0.6 is 23.1 Å². The highest BCUT2D eigenvalue weighted by Gasteiger charge is 2.17. The first-order valence-corrected chi connectivity index (χ1v) is 11.3. The molecule has 1 aliphatic rings. The quantitative estimate of drug-likeness (QED) is 0.526. The lowest BCUT2D eigenvalue weighted by atomic mass is 10.1. The van der Waals surface area contributed by atoms with Gasteiger partial charge in [-0.05, 0) is 12.5 Å². The fraction of sp³-hybridized carbons (Fsp3) is 0.300. The lowest BCUT2D eigenvalue weighted by molar-refractivity contribution is 0.249. The summed E-state index contributed by atoms with van der Waals surface area (Å²) in [6, 6.07) is 9.53. The van der Waals surface area contributed by atoms with Gasteiger partial charge in [-0.15, -0.1) is 23.1 Å². The number of urea groups is 1. The molecule has 2 aromatic heterocycles. The molecule has 0 spiro atoms. The molecule has 4 rings (SSSR count). The summed E-state index contributed by atoms with van der Waals surface area (Å²) in [5.74, 6) is 1.98. The van der Waals surface area contributed by atoms with Crippen LogP contribution in [0, 0.1) is 0 Å². The highest BCUT2D eigenvalue weighted by atomic mass is 32.2. The smallest absolute Gasteiger partial charge is 0.321 e. The minimum Gasteiger partial charge on any atom is -0.369 e. The van der Waals surface area contributed by atoms with E-state index in [1.807, 2.05) is 43.5 Å². The van der Waals surface area contributed by atoms with E-state index < -0.39 is 0 Å². The van der Waals surface area contributed by atoms with Crippen LogP contribution in [0.1, 0.15) is 29.1 Å². The van der Waals surface area contributed by atoms with Crippen molar-refractivity contribution in [3.05, 3.63) is 59.0 Å². The number of nitrogens with zero attached hydrogens (tertiary/aromatic N) is 3. The number of anilines is 2. The minimum absolute atomic E-state index is 0.0766. The number of nitrogens with one attached hydrogen (secondary N) is 3. The maximum Gasteiger partial charge on any atom is 0.321 e. The van der Waals surface area contributed by atoms with Crippen LogP contribution in [-0.4, -0.2) is 33.3 Å². The first kappa shape index (κ1) is 19.7. The van der Waals surface area contributed by atoms with Crippen molar-refractivity contribution >= 4 is 40.1 Å². The largest absolute Gasteiger partial charge is 0.369 e. The maximum atomic E-state index is 12.2. The van der Waals surface area contributed by atoms with E-state index in [-0.39, 0.29) is 12.1 Å². The van der Waals surface area contributed by atoms with Crippen LogP contribution < -0.4 is 16.0 Å². The number of benzene rings is 1. The maximum absolute atomic E-state index is 12.2. The number of hydrogen-bond donors (Lipinski definition) is 3. The fourth-order valence-electron chi connectivity index (χ4n) is 3.06. The number of hydrogen-bond acceptors (Lipinski definition) is 7. The van der Waals surface area contributed by atoms with Crippen LogP contribution in [0.25, 0.3) is 0 Å². The Morgan fingerprint density at radius 3 is 2.93 bits per heavy atom. The molecule has 1 aliphatic heterocycles. The summed E-state index contributed by atoms with van der Waals surface area (Å²) >= 11 is 3.29. The standard InChI is InChI=1S/C20H22N6OS2/c1-13(14-5-3-2-4-6-14)25-19(27)26-20-22-11-15(29-20)7-9-21-18-17-16(8-10-28-17)23-12-24-18/h2-6,11-13H,7-10H2,1H3,(H,21,23,24)(H2,22,25,26,27). The molecule has 2 amide bonds. The van der Waals surface area contributed by atoms with Gasteiger partial charge in [0.05, 0.1) is 16.6 Å². The molecule has 0 aliphatic carbocycles. The molecular weight excluding hydrogens is 404 g/mol. The normalized spacial score (nSPS) is 13.6. The second-order valence-corrected chi connectivity index (χ2v) is 8.86.